The number of likely N-dealkylation sites (tertiary alicyclic amines) is 1. The molecule has 1 saturated heterocycles. The van der Waals surface area contributed by atoms with Crippen molar-refractivity contribution in [1.29, 1.82) is 0 Å². The fourth-order valence-corrected chi connectivity index (χ4v) is 2.89. The highest BCUT2D eigenvalue weighted by Gasteiger charge is 2.19. The Morgan fingerprint density at radius 2 is 1.90 bits per heavy atom. The van der Waals surface area contributed by atoms with Crippen molar-refractivity contribution >= 4 is 5.91 Å². The van der Waals surface area contributed by atoms with Gasteiger partial charge in [0.15, 0.2) is 6.61 Å². The summed E-state index contributed by atoms with van der Waals surface area (Å²) in [5.74, 6) is 1.71. The van der Waals surface area contributed by atoms with Gasteiger partial charge in [0, 0.05) is 13.1 Å². The third-order valence-electron chi connectivity index (χ3n) is 4.58. The molecule has 0 bridgehead atoms. The summed E-state index contributed by atoms with van der Waals surface area (Å²) in [5, 5.41) is 0. The van der Waals surface area contributed by atoms with Crippen LogP contribution in [-0.2, 0) is 4.79 Å². The molecular weight excluding hydrogens is 262 g/mol. The Hall–Kier alpha value is -1.51. The van der Waals surface area contributed by atoms with E-state index in [1.165, 1.54) is 12.0 Å². The third-order valence-corrected chi connectivity index (χ3v) is 4.58. The van der Waals surface area contributed by atoms with Gasteiger partial charge in [-0.05, 0) is 62.6 Å². The first-order chi connectivity index (χ1) is 9.99. The molecule has 0 radical (unpaired) electrons. The highest BCUT2D eigenvalue weighted by atomic mass is 16.5. The van der Waals surface area contributed by atoms with Gasteiger partial charge in [-0.15, -0.1) is 0 Å². The maximum atomic E-state index is 12.3. The first-order valence-corrected chi connectivity index (χ1v) is 7.96. The Bertz CT molecular complexity index is 510. The molecule has 21 heavy (non-hydrogen) atoms. The molecular formula is C18H27NO2. The second-order valence-corrected chi connectivity index (χ2v) is 6.36. The van der Waals surface area contributed by atoms with Gasteiger partial charge in [0.1, 0.15) is 5.75 Å². The number of amides is 1. The van der Waals surface area contributed by atoms with Crippen LogP contribution in [-0.4, -0.2) is 30.5 Å². The molecule has 0 N–H and O–H groups in total. The molecule has 1 aromatic rings. The number of rotatable bonds is 3. The lowest BCUT2D eigenvalue weighted by Gasteiger charge is -2.21. The molecule has 1 unspecified atom stereocenters. The van der Waals surface area contributed by atoms with Crippen LogP contribution < -0.4 is 4.74 Å². The zero-order chi connectivity index (χ0) is 15.4. The monoisotopic (exact) mass is 289 g/mol. The van der Waals surface area contributed by atoms with Gasteiger partial charge < -0.3 is 9.64 Å². The van der Waals surface area contributed by atoms with Gasteiger partial charge in [-0.1, -0.05) is 19.1 Å². The van der Waals surface area contributed by atoms with Crippen molar-refractivity contribution in [2.45, 2.75) is 47.0 Å². The van der Waals surface area contributed by atoms with E-state index in [1.807, 2.05) is 11.8 Å². The minimum Gasteiger partial charge on any atom is -0.483 e. The lowest BCUT2D eigenvalue weighted by Crippen LogP contribution is -2.35. The molecule has 3 heteroatoms. The zero-order valence-corrected chi connectivity index (χ0v) is 13.7. The first-order valence-electron chi connectivity index (χ1n) is 7.96. The standard InChI is InChI=1S/C18H27NO2/c1-13-6-5-10-19(11-9-13)17(20)12-21-18-15(3)8-7-14(2)16(18)4/h7-8,13H,5-6,9-12H2,1-4H3. The molecule has 116 valence electrons. The van der Waals surface area contributed by atoms with E-state index in [-0.39, 0.29) is 12.5 Å². The highest BCUT2D eigenvalue weighted by molar-refractivity contribution is 5.77. The van der Waals surface area contributed by atoms with Crippen LogP contribution in [0.1, 0.15) is 42.9 Å². The fraction of sp³-hybridized carbons (Fsp3) is 0.611. The predicted octanol–water partition coefficient (Wildman–Crippen LogP) is 3.64. The molecule has 1 aliphatic rings. The highest BCUT2D eigenvalue weighted by Crippen LogP contribution is 2.26. The molecule has 0 aromatic heterocycles. The van der Waals surface area contributed by atoms with Gasteiger partial charge in [-0.2, -0.15) is 0 Å². The number of carbonyl (C=O) groups excluding carboxylic acids is 1. The van der Waals surface area contributed by atoms with Crippen molar-refractivity contribution in [2.24, 2.45) is 5.92 Å². The van der Waals surface area contributed by atoms with Gasteiger partial charge in [-0.25, -0.2) is 0 Å². The molecule has 0 spiro atoms. The van der Waals surface area contributed by atoms with Gasteiger partial charge >= 0.3 is 0 Å². The van der Waals surface area contributed by atoms with Gasteiger partial charge in [0.05, 0.1) is 0 Å². The van der Waals surface area contributed by atoms with Crippen molar-refractivity contribution in [3.05, 3.63) is 28.8 Å². The molecule has 1 fully saturated rings. The van der Waals surface area contributed by atoms with Crippen LogP contribution in [0.2, 0.25) is 0 Å². The molecule has 1 aliphatic heterocycles. The lowest BCUT2D eigenvalue weighted by atomic mass is 10.0. The predicted molar refractivity (Wildman–Crippen MR) is 85.7 cm³/mol. The number of hydrogen-bond acceptors (Lipinski definition) is 2. The quantitative estimate of drug-likeness (QED) is 0.850. The smallest absolute Gasteiger partial charge is 0.260 e. The van der Waals surface area contributed by atoms with E-state index in [4.69, 9.17) is 4.74 Å². The topological polar surface area (TPSA) is 29.5 Å². The van der Waals surface area contributed by atoms with Gasteiger partial charge in [0.2, 0.25) is 0 Å². The summed E-state index contributed by atoms with van der Waals surface area (Å²) < 4.78 is 5.84. The summed E-state index contributed by atoms with van der Waals surface area (Å²) in [5.41, 5.74) is 3.43. The van der Waals surface area contributed by atoms with Crippen molar-refractivity contribution in [3.63, 3.8) is 0 Å². The maximum Gasteiger partial charge on any atom is 0.260 e. The van der Waals surface area contributed by atoms with Crippen molar-refractivity contribution < 1.29 is 9.53 Å². The average molecular weight is 289 g/mol. The van der Waals surface area contributed by atoms with E-state index in [0.717, 1.165) is 48.7 Å². The number of nitrogens with zero attached hydrogens (tertiary/aromatic N) is 1. The molecule has 2 rings (SSSR count). The van der Waals surface area contributed by atoms with Crippen molar-refractivity contribution in [1.82, 2.24) is 4.90 Å². The summed E-state index contributed by atoms with van der Waals surface area (Å²) in [6, 6.07) is 4.14. The molecule has 1 atom stereocenters. The maximum absolute atomic E-state index is 12.3. The molecule has 1 amide bonds. The minimum absolute atomic E-state index is 0.115. The number of aryl methyl sites for hydroxylation is 2. The van der Waals surface area contributed by atoms with Crippen LogP contribution in [0.5, 0.6) is 5.75 Å². The van der Waals surface area contributed by atoms with E-state index in [2.05, 4.69) is 32.9 Å². The van der Waals surface area contributed by atoms with Crippen molar-refractivity contribution in [2.75, 3.05) is 19.7 Å². The van der Waals surface area contributed by atoms with Gasteiger partial charge in [0.25, 0.3) is 5.91 Å². The molecule has 1 aromatic carbocycles. The van der Waals surface area contributed by atoms with Gasteiger partial charge in [-0.3, -0.25) is 4.79 Å². The lowest BCUT2D eigenvalue weighted by molar-refractivity contribution is -0.133. The van der Waals surface area contributed by atoms with E-state index in [1.54, 1.807) is 0 Å². The summed E-state index contributed by atoms with van der Waals surface area (Å²) in [4.78, 5) is 14.3. The number of hydrogen-bond donors (Lipinski definition) is 0. The Kier molecular flexibility index (Phi) is 5.27. The van der Waals surface area contributed by atoms with Crippen LogP contribution in [0.15, 0.2) is 12.1 Å². The second-order valence-electron chi connectivity index (χ2n) is 6.36. The Morgan fingerprint density at radius 3 is 2.67 bits per heavy atom. The number of ether oxygens (including phenoxy) is 1. The van der Waals surface area contributed by atoms with Crippen LogP contribution in [0, 0.1) is 26.7 Å². The molecule has 3 nitrogen and oxygen atoms in total. The Labute approximate surface area is 128 Å². The van der Waals surface area contributed by atoms with Crippen LogP contribution in [0.4, 0.5) is 0 Å². The van der Waals surface area contributed by atoms with Crippen LogP contribution >= 0.6 is 0 Å². The minimum atomic E-state index is 0.115. The van der Waals surface area contributed by atoms with E-state index in [9.17, 15) is 4.79 Å². The van der Waals surface area contributed by atoms with Crippen LogP contribution in [0.3, 0.4) is 0 Å². The van der Waals surface area contributed by atoms with Crippen molar-refractivity contribution in [3.8, 4) is 5.75 Å². The SMILES string of the molecule is Cc1ccc(C)c(OCC(=O)N2CCCC(C)CC2)c1C. The van der Waals surface area contributed by atoms with Crippen LogP contribution in [0.25, 0.3) is 0 Å². The van der Waals surface area contributed by atoms with E-state index >= 15 is 0 Å². The average Bonchev–Trinajstić information content (AvgIpc) is 2.67. The number of carbonyl (C=O) groups is 1. The number of benzene rings is 1. The zero-order valence-electron chi connectivity index (χ0n) is 13.7. The Balaban J connectivity index is 1.96. The normalized spacial score (nSPS) is 19.2. The summed E-state index contributed by atoms with van der Waals surface area (Å²) in [7, 11) is 0. The van der Waals surface area contributed by atoms with E-state index in [0.29, 0.717) is 0 Å². The summed E-state index contributed by atoms with van der Waals surface area (Å²) >= 11 is 0. The summed E-state index contributed by atoms with van der Waals surface area (Å²) in [6.07, 6.45) is 3.43. The Morgan fingerprint density at radius 1 is 1.19 bits per heavy atom. The molecule has 0 aliphatic carbocycles. The van der Waals surface area contributed by atoms with E-state index < -0.39 is 0 Å². The summed E-state index contributed by atoms with van der Waals surface area (Å²) in [6.45, 7) is 10.3. The third kappa shape index (κ3) is 3.99. The first kappa shape index (κ1) is 15.9. The fourth-order valence-electron chi connectivity index (χ4n) is 2.89. The largest absolute Gasteiger partial charge is 0.483 e. The molecule has 1 heterocycles. The molecule has 0 saturated carbocycles. The second kappa shape index (κ2) is 6.97.